The molecule has 10 heteroatoms. The van der Waals surface area contributed by atoms with Gasteiger partial charge in [0.15, 0.2) is 6.19 Å². The van der Waals surface area contributed by atoms with E-state index in [0.717, 1.165) is 0 Å². The molecular weight excluding hydrogens is 191 g/mol. The van der Waals surface area contributed by atoms with Crippen molar-refractivity contribution in [3.8, 4) is 6.19 Å². The van der Waals surface area contributed by atoms with Crippen LogP contribution >= 0.6 is 7.82 Å². The molecule has 0 spiro atoms. The van der Waals surface area contributed by atoms with Crippen molar-refractivity contribution in [1.82, 2.24) is 0 Å². The molecule has 0 aromatic rings. The summed E-state index contributed by atoms with van der Waals surface area (Å²) in [6.45, 7) is 0. The quantitative estimate of drug-likeness (QED) is 0.141. The number of nitrogens with zero attached hydrogens (tertiary/aromatic N) is 1. The Bertz CT molecular complexity index is 180. The van der Waals surface area contributed by atoms with Crippen molar-refractivity contribution in [3.63, 3.8) is 0 Å². The number of phosphoric acid groups is 1. The van der Waals surface area contributed by atoms with Gasteiger partial charge in [-0.3, -0.25) is 0 Å². The molecule has 0 radical (unpaired) electrons. The number of amides is 2. The summed E-state index contributed by atoms with van der Waals surface area (Å²) in [5.41, 5.74) is 12.7. The summed E-state index contributed by atoms with van der Waals surface area (Å²) < 4.78 is 8.88. The van der Waals surface area contributed by atoms with Crippen molar-refractivity contribution in [3.05, 3.63) is 0 Å². The molecule has 2 amide bonds. The average Bonchev–Trinajstić information content (AvgIpc) is 1.56. The minimum absolute atomic E-state index is 0.833. The van der Waals surface area contributed by atoms with Crippen molar-refractivity contribution in [2.45, 2.75) is 0 Å². The fraction of sp³-hybridized carbons (Fsp3) is 0. The van der Waals surface area contributed by atoms with Crippen LogP contribution in [0.4, 0.5) is 4.79 Å². The Morgan fingerprint density at radius 1 is 1.33 bits per heavy atom. The van der Waals surface area contributed by atoms with Gasteiger partial charge >= 0.3 is 13.9 Å². The summed E-state index contributed by atoms with van der Waals surface area (Å²) in [6, 6.07) is -0.833. The number of hydrogen-bond donors (Lipinski definition) is 6. The van der Waals surface area contributed by atoms with E-state index in [1.54, 1.807) is 0 Å². The first-order chi connectivity index (χ1) is 5.15. The molecule has 0 aromatic carbocycles. The van der Waals surface area contributed by atoms with E-state index >= 15 is 0 Å². The second-order valence-electron chi connectivity index (χ2n) is 1.04. The number of primary amides is 2. The van der Waals surface area contributed by atoms with E-state index < -0.39 is 13.9 Å². The molecule has 0 saturated heterocycles. The first kappa shape index (κ1) is 17.0. The molecule has 0 aliphatic carbocycles. The van der Waals surface area contributed by atoms with Crippen molar-refractivity contribution in [1.29, 1.82) is 5.26 Å². The van der Waals surface area contributed by atoms with Crippen molar-refractivity contribution >= 4 is 13.9 Å². The maximum Gasteiger partial charge on any atom is 0.466 e. The Morgan fingerprint density at radius 2 is 1.33 bits per heavy atom. The third-order valence-corrected chi connectivity index (χ3v) is 0. The zero-order valence-electron chi connectivity index (χ0n) is 5.78. The second kappa shape index (κ2) is 9.67. The topological polar surface area (TPSA) is 197 Å². The highest BCUT2D eigenvalue weighted by Gasteiger charge is 2.00. The first-order valence-electron chi connectivity index (χ1n) is 2.08. The van der Waals surface area contributed by atoms with Gasteiger partial charge < -0.3 is 31.9 Å². The highest BCUT2D eigenvalue weighted by atomic mass is 31.2. The first-order valence-corrected chi connectivity index (χ1v) is 3.64. The van der Waals surface area contributed by atoms with Gasteiger partial charge in [0, 0.05) is 0 Å². The van der Waals surface area contributed by atoms with Crippen LogP contribution in [-0.2, 0) is 4.57 Å². The zero-order chi connectivity index (χ0) is 10.8. The summed E-state index contributed by atoms with van der Waals surface area (Å²) in [4.78, 5) is 30.6. The Hall–Kier alpha value is -1.33. The lowest BCUT2D eigenvalue weighted by Gasteiger charge is -1.82. The molecule has 0 aromatic heterocycles. The van der Waals surface area contributed by atoms with Gasteiger partial charge in [-0.15, -0.1) is 0 Å². The maximum atomic E-state index is 9.00. The van der Waals surface area contributed by atoms with E-state index in [2.05, 4.69) is 17.2 Å². The predicted molar refractivity (Wildman–Crippen MR) is 37.8 cm³/mol. The van der Waals surface area contributed by atoms with Crippen LogP contribution in [0.2, 0.25) is 0 Å². The van der Waals surface area contributed by atoms with Gasteiger partial charge in [0.2, 0.25) is 0 Å². The van der Waals surface area contributed by atoms with Crippen LogP contribution in [0, 0.1) is 11.5 Å². The Kier molecular flexibility index (Phi) is 13.7. The zero-order valence-corrected chi connectivity index (χ0v) is 6.68. The number of nitriles is 1. The number of nitrogens with two attached hydrogens (primary N) is 3. The molecule has 0 aliphatic heterocycles. The number of carbonyl (C=O) groups is 1. The molecule has 0 heterocycles. The van der Waals surface area contributed by atoms with Crippen LogP contribution in [0.5, 0.6) is 0 Å². The third-order valence-electron chi connectivity index (χ3n) is 0. The number of rotatable bonds is 0. The highest BCUT2D eigenvalue weighted by Crippen LogP contribution is 2.25. The number of carbonyl (C=O) groups excluding carboxylic acids is 1. The maximum absolute atomic E-state index is 9.00. The SMILES string of the molecule is N#CN.NC(N)=O.O=P(O)(O)O. The van der Waals surface area contributed by atoms with E-state index in [1.165, 1.54) is 6.19 Å². The molecule has 0 unspecified atom stereocenters. The van der Waals surface area contributed by atoms with Gasteiger partial charge in [-0.2, -0.15) is 5.26 Å². The largest absolute Gasteiger partial charge is 0.466 e. The predicted octanol–water partition coefficient (Wildman–Crippen LogP) is -2.48. The van der Waals surface area contributed by atoms with E-state index in [9.17, 15) is 0 Å². The summed E-state index contributed by atoms with van der Waals surface area (Å²) in [5, 5.41) is 7.10. The standard InChI is InChI=1S/CH4N2O.CH2N2.H3O4P/c2-1(3)4;2-1-3;1-5(2,3)4/h(H4,2,3,4);2H2;(H3,1,2,3,4). The molecule has 0 bridgehead atoms. The number of hydrogen-bond acceptors (Lipinski definition) is 4. The molecular formula is C2H9N4O5P. The van der Waals surface area contributed by atoms with Crippen LogP contribution in [0.15, 0.2) is 0 Å². The van der Waals surface area contributed by atoms with E-state index in [1.807, 2.05) is 0 Å². The molecule has 0 aliphatic rings. The van der Waals surface area contributed by atoms with Gasteiger partial charge in [-0.1, -0.05) is 0 Å². The summed E-state index contributed by atoms with van der Waals surface area (Å²) in [5.74, 6) is 0. The molecule has 0 fully saturated rings. The summed E-state index contributed by atoms with van der Waals surface area (Å²) >= 11 is 0. The Balaban J connectivity index is -0.000000105. The smallest absolute Gasteiger partial charge is 0.352 e. The minimum atomic E-state index is -4.64. The van der Waals surface area contributed by atoms with Crippen molar-refractivity contribution < 1.29 is 24.0 Å². The minimum Gasteiger partial charge on any atom is -0.352 e. The third kappa shape index (κ3) is 288. The molecule has 9 nitrogen and oxygen atoms in total. The van der Waals surface area contributed by atoms with E-state index in [4.69, 9.17) is 29.3 Å². The fourth-order valence-corrected chi connectivity index (χ4v) is 0. The highest BCUT2D eigenvalue weighted by molar-refractivity contribution is 7.45. The van der Waals surface area contributed by atoms with Gasteiger partial charge in [0.1, 0.15) is 0 Å². The van der Waals surface area contributed by atoms with Crippen molar-refractivity contribution in [2.24, 2.45) is 17.2 Å². The number of urea groups is 1. The molecule has 9 N–H and O–H groups in total. The molecule has 0 rings (SSSR count). The van der Waals surface area contributed by atoms with E-state index in [-0.39, 0.29) is 0 Å². The lowest BCUT2D eigenvalue weighted by atomic mass is 11.2. The van der Waals surface area contributed by atoms with Crippen LogP contribution in [0.1, 0.15) is 0 Å². The average molecular weight is 200 g/mol. The lowest BCUT2D eigenvalue weighted by molar-refractivity contribution is 0.256. The van der Waals surface area contributed by atoms with Gasteiger partial charge in [0.05, 0.1) is 0 Å². The normalized spacial score (nSPS) is 7.50. The fourth-order valence-electron chi connectivity index (χ4n) is 0. The second-order valence-corrected chi connectivity index (χ2v) is 2.07. The summed E-state index contributed by atoms with van der Waals surface area (Å²) in [7, 11) is -4.64. The van der Waals surface area contributed by atoms with Crippen LogP contribution in [0.25, 0.3) is 0 Å². The molecule has 0 saturated carbocycles. The lowest BCUT2D eigenvalue weighted by Crippen LogP contribution is -2.18. The summed E-state index contributed by atoms with van der Waals surface area (Å²) in [6.07, 6.45) is 1.25. The van der Waals surface area contributed by atoms with Crippen LogP contribution in [-0.4, -0.2) is 20.7 Å². The molecule has 0 atom stereocenters. The van der Waals surface area contributed by atoms with Crippen molar-refractivity contribution in [2.75, 3.05) is 0 Å². The van der Waals surface area contributed by atoms with Gasteiger partial charge in [-0.05, 0) is 0 Å². The van der Waals surface area contributed by atoms with Crippen LogP contribution < -0.4 is 17.2 Å². The van der Waals surface area contributed by atoms with Gasteiger partial charge in [-0.25, -0.2) is 9.36 Å². The van der Waals surface area contributed by atoms with E-state index in [0.29, 0.717) is 0 Å². The Morgan fingerprint density at radius 3 is 1.33 bits per heavy atom. The molecule has 12 heavy (non-hydrogen) atoms. The molecule has 72 valence electrons. The van der Waals surface area contributed by atoms with Crippen LogP contribution in [0.3, 0.4) is 0 Å². The monoisotopic (exact) mass is 200 g/mol. The van der Waals surface area contributed by atoms with Gasteiger partial charge in [0.25, 0.3) is 0 Å². The Labute approximate surface area is 67.6 Å².